The Kier molecular flexibility index (Phi) is 25.0. The van der Waals surface area contributed by atoms with Gasteiger partial charge < -0.3 is 58.2 Å². The molecular weight excluding hydrogens is 406 g/mol. The molecule has 12 nitrogen and oxygen atoms in total. The molecule has 0 heterocycles. The fourth-order valence-corrected chi connectivity index (χ4v) is 1.17. The Balaban J connectivity index is -0.000000135. The molecule has 0 aromatic heterocycles. The summed E-state index contributed by atoms with van der Waals surface area (Å²) in [6, 6.07) is 0. The molecule has 0 bridgehead atoms. The molecule has 0 amide bonds. The van der Waals surface area contributed by atoms with E-state index in [0.29, 0.717) is 0 Å². The average molecular weight is 420 g/mol. The molecule has 22 heavy (non-hydrogen) atoms. The smallest absolute Gasteiger partial charge is 0.790 e. The Labute approximate surface area is 185 Å². The number of phosphoric ester groups is 2. The van der Waals surface area contributed by atoms with Gasteiger partial charge in [0, 0.05) is 0 Å². The summed E-state index contributed by atoms with van der Waals surface area (Å²) >= 11 is 0. The van der Waals surface area contributed by atoms with Crippen LogP contribution in [0.3, 0.4) is 0 Å². The predicted octanol–water partition coefficient (Wildman–Crippen LogP) is -6.39. The minimum atomic E-state index is -5.00. The summed E-state index contributed by atoms with van der Waals surface area (Å²) in [5.74, 6) is 0. The first-order chi connectivity index (χ1) is 8.91. The molecule has 0 aromatic rings. The van der Waals surface area contributed by atoms with E-state index in [1.54, 1.807) is 0 Å². The number of hydrogen-bond donors (Lipinski definition) is 4. The maximum Gasteiger partial charge on any atom is 2.00 e. The van der Waals surface area contributed by atoms with Crippen LogP contribution in [-0.4, -0.2) is 135 Å². The zero-order valence-electron chi connectivity index (χ0n) is 11.3. The fourth-order valence-electron chi connectivity index (χ4n) is 0.460. The van der Waals surface area contributed by atoms with Crippen molar-refractivity contribution < 1.29 is 58.2 Å². The number of hydrogen-bond acceptors (Lipinski definition) is 12. The second kappa shape index (κ2) is 17.0. The van der Waals surface area contributed by atoms with E-state index >= 15 is 0 Å². The molecule has 124 valence electrons. The van der Waals surface area contributed by atoms with Gasteiger partial charge in [-0.2, -0.15) is 0 Å². The largest absolute Gasteiger partial charge is 2.00 e. The first-order valence-corrected chi connectivity index (χ1v) is 7.74. The van der Waals surface area contributed by atoms with Crippen molar-refractivity contribution in [3.63, 3.8) is 0 Å². The Morgan fingerprint density at radius 2 is 1.00 bits per heavy atom. The van der Waals surface area contributed by atoms with E-state index in [0.717, 1.165) is 0 Å². The van der Waals surface area contributed by atoms with Crippen LogP contribution in [0.25, 0.3) is 0 Å². The first-order valence-electron chi connectivity index (χ1n) is 4.82. The number of phosphoric acid groups is 2. The van der Waals surface area contributed by atoms with Gasteiger partial charge in [-0.25, -0.2) is 0 Å². The van der Waals surface area contributed by atoms with Gasteiger partial charge in [-0.05, 0) is 0 Å². The summed E-state index contributed by atoms with van der Waals surface area (Å²) in [5, 5.41) is 33.1. The van der Waals surface area contributed by atoms with Crippen LogP contribution in [0.2, 0.25) is 0 Å². The molecular formula is C6H14Ca2O12P2. The zero-order valence-corrected chi connectivity index (χ0v) is 17.6. The van der Waals surface area contributed by atoms with Gasteiger partial charge in [-0.15, -0.1) is 0 Å². The Morgan fingerprint density at radius 1 is 0.773 bits per heavy atom. The van der Waals surface area contributed by atoms with Crippen LogP contribution in [0, 0.1) is 0 Å². The van der Waals surface area contributed by atoms with E-state index in [-0.39, 0.29) is 75.5 Å². The van der Waals surface area contributed by atoms with Crippen molar-refractivity contribution in [3.8, 4) is 0 Å². The molecule has 2 unspecified atom stereocenters. The maximum absolute atomic E-state index is 9.71. The van der Waals surface area contributed by atoms with Crippen molar-refractivity contribution >= 4 is 91.1 Å². The third-order valence-corrected chi connectivity index (χ3v) is 2.20. The number of aliphatic hydroxyl groups is 4. The van der Waals surface area contributed by atoms with Crippen LogP contribution in [0.1, 0.15) is 0 Å². The summed E-state index contributed by atoms with van der Waals surface area (Å²) in [4.78, 5) is 38.8. The standard InChI is InChI=1S/2C3H9O6P.2Ca/c2*4-1-3(5)2-9-10(6,7)8;;/h2*3-5H,1-2H2,(H2,6,7,8);;/q;;2*+2/p-4. The fraction of sp³-hybridized carbons (Fsp3) is 1.00. The van der Waals surface area contributed by atoms with Gasteiger partial charge in [0.15, 0.2) is 0 Å². The van der Waals surface area contributed by atoms with Gasteiger partial charge in [-0.3, -0.25) is 0 Å². The molecule has 0 saturated carbocycles. The van der Waals surface area contributed by atoms with Gasteiger partial charge in [0.05, 0.1) is 42.1 Å². The van der Waals surface area contributed by atoms with Gasteiger partial charge in [0.2, 0.25) is 0 Å². The van der Waals surface area contributed by atoms with E-state index in [4.69, 9.17) is 20.4 Å². The third-order valence-electron chi connectivity index (χ3n) is 1.27. The predicted molar refractivity (Wildman–Crippen MR) is 64.8 cm³/mol. The average Bonchev–Trinajstić information content (AvgIpc) is 2.31. The summed E-state index contributed by atoms with van der Waals surface area (Å²) < 4.78 is 26.7. The second-order valence-corrected chi connectivity index (χ2v) is 5.46. The second-order valence-electron chi connectivity index (χ2n) is 3.16. The minimum absolute atomic E-state index is 0. The van der Waals surface area contributed by atoms with Crippen LogP contribution >= 0.6 is 15.6 Å². The van der Waals surface area contributed by atoms with Gasteiger partial charge in [0.25, 0.3) is 0 Å². The van der Waals surface area contributed by atoms with Gasteiger partial charge in [0.1, 0.15) is 12.2 Å². The Bertz CT molecular complexity index is 300. The summed E-state index contributed by atoms with van der Waals surface area (Å²) in [6.07, 6.45) is -2.65. The minimum Gasteiger partial charge on any atom is -0.790 e. The quantitative estimate of drug-likeness (QED) is 0.212. The SMILES string of the molecule is O=P([O-])([O-])OCC(O)CO.O=P([O-])([O-])OCC(O)CO.[Ca+2].[Ca+2]. The topological polar surface area (TPSA) is 226 Å². The van der Waals surface area contributed by atoms with Crippen LogP contribution in [0.4, 0.5) is 0 Å². The molecule has 16 heteroatoms. The van der Waals surface area contributed by atoms with Crippen LogP contribution < -0.4 is 19.6 Å². The first kappa shape index (κ1) is 32.3. The van der Waals surface area contributed by atoms with Crippen LogP contribution in [-0.2, 0) is 18.2 Å². The van der Waals surface area contributed by atoms with Gasteiger partial charge >= 0.3 is 75.5 Å². The van der Waals surface area contributed by atoms with Crippen LogP contribution in [0.5, 0.6) is 0 Å². The van der Waals surface area contributed by atoms with E-state index in [9.17, 15) is 28.7 Å². The molecule has 0 fully saturated rings. The molecule has 0 aliphatic heterocycles. The molecule has 4 N–H and O–H groups in total. The van der Waals surface area contributed by atoms with E-state index in [1.165, 1.54) is 0 Å². The van der Waals surface area contributed by atoms with Crippen molar-refractivity contribution in [2.45, 2.75) is 12.2 Å². The van der Waals surface area contributed by atoms with Crippen molar-refractivity contribution in [1.82, 2.24) is 0 Å². The van der Waals surface area contributed by atoms with Crippen molar-refractivity contribution in [2.24, 2.45) is 0 Å². The van der Waals surface area contributed by atoms with E-state index in [1.807, 2.05) is 0 Å². The third kappa shape index (κ3) is 30.5. The summed E-state index contributed by atoms with van der Waals surface area (Å²) in [6.45, 7) is -2.67. The van der Waals surface area contributed by atoms with Crippen LogP contribution in [0.15, 0.2) is 0 Å². The Hall–Kier alpha value is 2.58. The number of rotatable bonds is 8. The summed E-state index contributed by atoms with van der Waals surface area (Å²) in [5.41, 5.74) is 0. The van der Waals surface area contributed by atoms with Crippen molar-refractivity contribution in [2.75, 3.05) is 26.4 Å². The maximum atomic E-state index is 9.71. The molecule has 0 aromatic carbocycles. The molecule has 0 rings (SSSR count). The molecule has 0 saturated heterocycles. The molecule has 2 atom stereocenters. The summed E-state index contributed by atoms with van der Waals surface area (Å²) in [7, 11) is -10.0. The Morgan fingerprint density at radius 3 is 1.14 bits per heavy atom. The normalized spacial score (nSPS) is 13.8. The van der Waals surface area contributed by atoms with E-state index < -0.39 is 54.3 Å². The van der Waals surface area contributed by atoms with E-state index in [2.05, 4.69) is 9.05 Å². The molecule has 0 aliphatic carbocycles. The molecule has 0 aliphatic rings. The molecule has 0 spiro atoms. The van der Waals surface area contributed by atoms with Crippen molar-refractivity contribution in [1.29, 1.82) is 0 Å². The zero-order chi connectivity index (χ0) is 16.4. The van der Waals surface area contributed by atoms with Gasteiger partial charge in [-0.1, -0.05) is 0 Å². The molecule has 0 radical (unpaired) electrons. The monoisotopic (exact) mass is 420 g/mol. The number of aliphatic hydroxyl groups excluding tert-OH is 4. The van der Waals surface area contributed by atoms with Crippen molar-refractivity contribution in [3.05, 3.63) is 0 Å².